The van der Waals surface area contributed by atoms with Gasteiger partial charge in [-0.15, -0.1) is 11.3 Å². The van der Waals surface area contributed by atoms with E-state index in [1.807, 2.05) is 11.3 Å². The summed E-state index contributed by atoms with van der Waals surface area (Å²) in [7, 11) is 2.30. The second kappa shape index (κ2) is 5.32. The fourth-order valence-electron chi connectivity index (χ4n) is 3.18. The van der Waals surface area contributed by atoms with Crippen molar-refractivity contribution in [2.45, 2.75) is 44.7 Å². The summed E-state index contributed by atoms with van der Waals surface area (Å²) in [6, 6.07) is 3.75. The van der Waals surface area contributed by atoms with Crippen LogP contribution in [0.15, 0.2) is 11.4 Å². The van der Waals surface area contributed by atoms with Gasteiger partial charge in [-0.2, -0.15) is 0 Å². The second-order valence-corrected chi connectivity index (χ2v) is 6.93. The Hall–Kier alpha value is -0.380. The molecule has 1 aliphatic carbocycles. The highest BCUT2D eigenvalue weighted by molar-refractivity contribution is 7.10. The maximum Gasteiger partial charge on any atom is 0.0481 e. The van der Waals surface area contributed by atoms with Gasteiger partial charge >= 0.3 is 0 Å². The van der Waals surface area contributed by atoms with Crippen LogP contribution in [-0.2, 0) is 0 Å². The molecular weight excluding hydrogens is 240 g/mol. The minimum Gasteiger partial charge on any atom is -0.314 e. The van der Waals surface area contributed by atoms with Gasteiger partial charge in [0.25, 0.3) is 0 Å². The molecule has 1 saturated heterocycles. The average molecular weight is 264 g/mol. The van der Waals surface area contributed by atoms with E-state index in [1.54, 1.807) is 4.88 Å². The van der Waals surface area contributed by atoms with Crippen molar-refractivity contribution < 1.29 is 0 Å². The summed E-state index contributed by atoms with van der Waals surface area (Å²) < 4.78 is 0. The van der Waals surface area contributed by atoms with Gasteiger partial charge in [0.15, 0.2) is 0 Å². The Morgan fingerprint density at radius 2 is 2.22 bits per heavy atom. The molecule has 18 heavy (non-hydrogen) atoms. The van der Waals surface area contributed by atoms with E-state index in [4.69, 9.17) is 0 Å². The van der Waals surface area contributed by atoms with Gasteiger partial charge in [-0.25, -0.2) is 0 Å². The van der Waals surface area contributed by atoms with Gasteiger partial charge in [0.1, 0.15) is 0 Å². The van der Waals surface area contributed by atoms with Crippen LogP contribution in [-0.4, -0.2) is 31.1 Å². The fourth-order valence-corrected chi connectivity index (χ4v) is 4.37. The van der Waals surface area contributed by atoms with Crippen LogP contribution in [0.2, 0.25) is 0 Å². The highest BCUT2D eigenvalue weighted by atomic mass is 32.1. The van der Waals surface area contributed by atoms with Crippen LogP contribution in [0, 0.1) is 12.8 Å². The van der Waals surface area contributed by atoms with E-state index in [1.165, 1.54) is 44.3 Å². The largest absolute Gasteiger partial charge is 0.314 e. The quantitative estimate of drug-likeness (QED) is 0.898. The second-order valence-electron chi connectivity index (χ2n) is 5.98. The summed E-state index contributed by atoms with van der Waals surface area (Å²) in [4.78, 5) is 4.17. The Morgan fingerprint density at radius 3 is 2.89 bits per heavy atom. The fraction of sp³-hybridized carbons (Fsp3) is 0.733. The van der Waals surface area contributed by atoms with Crippen LogP contribution < -0.4 is 5.32 Å². The molecule has 100 valence electrons. The maximum absolute atomic E-state index is 3.74. The first-order valence-electron chi connectivity index (χ1n) is 7.23. The third-order valence-corrected chi connectivity index (χ3v) is 5.51. The summed E-state index contributed by atoms with van der Waals surface area (Å²) in [6.07, 6.45) is 5.52. The van der Waals surface area contributed by atoms with Crippen molar-refractivity contribution in [3.05, 3.63) is 21.9 Å². The monoisotopic (exact) mass is 264 g/mol. The number of rotatable bonds is 4. The Balaban J connectivity index is 1.74. The maximum atomic E-state index is 3.74. The van der Waals surface area contributed by atoms with Gasteiger partial charge in [-0.3, -0.25) is 4.90 Å². The lowest BCUT2D eigenvalue weighted by Gasteiger charge is -2.39. The molecule has 0 spiro atoms. The van der Waals surface area contributed by atoms with Gasteiger partial charge < -0.3 is 5.32 Å². The van der Waals surface area contributed by atoms with E-state index in [-0.39, 0.29) is 0 Å². The van der Waals surface area contributed by atoms with E-state index < -0.39 is 0 Å². The predicted molar refractivity (Wildman–Crippen MR) is 78.2 cm³/mol. The zero-order chi connectivity index (χ0) is 12.5. The van der Waals surface area contributed by atoms with Crippen molar-refractivity contribution in [1.29, 1.82) is 0 Å². The Kier molecular flexibility index (Phi) is 3.73. The summed E-state index contributed by atoms with van der Waals surface area (Å²) in [5.41, 5.74) is 1.48. The summed E-state index contributed by atoms with van der Waals surface area (Å²) in [5.74, 6) is 0.793. The van der Waals surface area contributed by atoms with Gasteiger partial charge in [0, 0.05) is 23.5 Å². The minimum absolute atomic E-state index is 0.644. The highest BCUT2D eigenvalue weighted by Gasteiger charge is 2.33. The van der Waals surface area contributed by atoms with Crippen LogP contribution in [0.5, 0.6) is 0 Å². The van der Waals surface area contributed by atoms with Crippen molar-refractivity contribution >= 4 is 11.3 Å². The summed E-state index contributed by atoms with van der Waals surface area (Å²) in [5, 5.41) is 5.98. The molecule has 2 atom stereocenters. The molecule has 2 aliphatic rings. The van der Waals surface area contributed by atoms with Crippen molar-refractivity contribution in [1.82, 2.24) is 10.2 Å². The topological polar surface area (TPSA) is 15.3 Å². The number of nitrogens with zero attached hydrogens (tertiary/aromatic N) is 1. The number of hydrogen-bond acceptors (Lipinski definition) is 3. The van der Waals surface area contributed by atoms with Gasteiger partial charge in [0.2, 0.25) is 0 Å². The molecule has 0 radical (unpaired) electrons. The first-order valence-corrected chi connectivity index (χ1v) is 8.11. The Morgan fingerprint density at radius 1 is 1.39 bits per heavy atom. The number of thiophene rings is 1. The predicted octanol–water partition coefficient (Wildman–Crippen LogP) is 3.19. The van der Waals surface area contributed by atoms with Crippen LogP contribution in [0.25, 0.3) is 0 Å². The lowest BCUT2D eigenvalue weighted by Crippen LogP contribution is -2.40. The van der Waals surface area contributed by atoms with E-state index in [2.05, 4.69) is 35.6 Å². The van der Waals surface area contributed by atoms with Crippen molar-refractivity contribution in [3.63, 3.8) is 0 Å². The molecule has 1 aromatic rings. The minimum atomic E-state index is 0.644. The Bertz CT molecular complexity index is 397. The number of nitrogens with one attached hydrogen (secondary N) is 1. The standard InChI is InChI=1S/C15H24N2S/c1-11-7-9-18-15(11)14-12(4-3-8-17(14)2)10-16-13-5-6-13/h7,9,12-14,16H,3-6,8,10H2,1-2H3. The SMILES string of the molecule is Cc1ccsc1C1C(CNC2CC2)CCCN1C. The molecule has 2 unspecified atom stereocenters. The van der Waals surface area contributed by atoms with Crippen LogP contribution in [0.4, 0.5) is 0 Å². The molecule has 3 heteroatoms. The van der Waals surface area contributed by atoms with Crippen molar-refractivity contribution in [2.24, 2.45) is 5.92 Å². The number of piperidine rings is 1. The average Bonchev–Trinajstić information content (AvgIpc) is 3.09. The van der Waals surface area contributed by atoms with E-state index >= 15 is 0 Å². The molecule has 1 aromatic heterocycles. The molecule has 0 aromatic carbocycles. The molecule has 0 amide bonds. The third-order valence-electron chi connectivity index (χ3n) is 4.42. The highest BCUT2D eigenvalue weighted by Crippen LogP contribution is 2.39. The first kappa shape index (κ1) is 12.6. The number of likely N-dealkylation sites (tertiary alicyclic amines) is 1. The van der Waals surface area contributed by atoms with Crippen LogP contribution in [0.1, 0.15) is 42.2 Å². The third kappa shape index (κ3) is 2.63. The molecule has 1 aliphatic heterocycles. The van der Waals surface area contributed by atoms with Crippen LogP contribution >= 0.6 is 11.3 Å². The zero-order valence-electron chi connectivity index (χ0n) is 11.5. The normalized spacial score (nSPS) is 29.7. The molecule has 2 heterocycles. The number of hydrogen-bond donors (Lipinski definition) is 1. The zero-order valence-corrected chi connectivity index (χ0v) is 12.3. The first-order chi connectivity index (χ1) is 8.75. The molecule has 0 bridgehead atoms. The molecule has 1 saturated carbocycles. The van der Waals surface area contributed by atoms with Crippen molar-refractivity contribution in [2.75, 3.05) is 20.1 Å². The molecule has 2 fully saturated rings. The lowest BCUT2D eigenvalue weighted by molar-refractivity contribution is 0.121. The van der Waals surface area contributed by atoms with Crippen LogP contribution in [0.3, 0.4) is 0 Å². The number of aryl methyl sites for hydroxylation is 1. The van der Waals surface area contributed by atoms with Gasteiger partial charge in [0.05, 0.1) is 0 Å². The van der Waals surface area contributed by atoms with E-state index in [9.17, 15) is 0 Å². The van der Waals surface area contributed by atoms with Gasteiger partial charge in [-0.05, 0) is 69.1 Å². The van der Waals surface area contributed by atoms with E-state index in [0.29, 0.717) is 6.04 Å². The lowest BCUT2D eigenvalue weighted by atomic mass is 9.87. The van der Waals surface area contributed by atoms with Crippen molar-refractivity contribution in [3.8, 4) is 0 Å². The smallest absolute Gasteiger partial charge is 0.0481 e. The van der Waals surface area contributed by atoms with Gasteiger partial charge in [-0.1, -0.05) is 0 Å². The summed E-state index contributed by atoms with van der Waals surface area (Å²) in [6.45, 7) is 4.72. The summed E-state index contributed by atoms with van der Waals surface area (Å²) >= 11 is 1.94. The Labute approximate surface area is 114 Å². The van der Waals surface area contributed by atoms with E-state index in [0.717, 1.165) is 12.0 Å². The molecule has 2 nitrogen and oxygen atoms in total. The molecule has 1 N–H and O–H groups in total. The molecule has 3 rings (SSSR count). The molecular formula is C15H24N2S.